The summed E-state index contributed by atoms with van der Waals surface area (Å²) in [7, 11) is 0. The molecule has 0 spiro atoms. The maximum Gasteiger partial charge on any atom is 0.326 e. The molecule has 0 radical (unpaired) electrons. The Morgan fingerprint density at radius 3 is 2.61 bits per heavy atom. The fourth-order valence-corrected chi connectivity index (χ4v) is 2.17. The molecule has 0 bridgehead atoms. The predicted octanol–water partition coefficient (Wildman–Crippen LogP) is 2.34. The van der Waals surface area contributed by atoms with Crippen LogP contribution in [0.25, 0.3) is 17.4 Å². The second-order valence-electron chi connectivity index (χ2n) is 4.93. The first-order chi connectivity index (χ1) is 10.9. The molecule has 1 aliphatic heterocycles. The van der Waals surface area contributed by atoms with Crippen molar-refractivity contribution in [3.8, 4) is 11.3 Å². The van der Waals surface area contributed by atoms with Crippen LogP contribution in [0.1, 0.15) is 11.3 Å². The topological polar surface area (TPSA) is 114 Å². The van der Waals surface area contributed by atoms with Crippen LogP contribution < -0.4 is 10.6 Å². The minimum absolute atomic E-state index is 0.00115. The number of hydrogen-bond acceptors (Lipinski definition) is 5. The highest BCUT2D eigenvalue weighted by Gasteiger charge is 2.23. The Morgan fingerprint density at radius 2 is 1.96 bits per heavy atom. The average molecular weight is 313 g/mol. The van der Waals surface area contributed by atoms with Gasteiger partial charge in [-0.15, -0.1) is 0 Å². The number of nitro groups is 1. The van der Waals surface area contributed by atoms with Crippen molar-refractivity contribution >= 4 is 23.7 Å². The zero-order valence-electron chi connectivity index (χ0n) is 12.0. The van der Waals surface area contributed by atoms with E-state index in [2.05, 4.69) is 10.6 Å². The maximum absolute atomic E-state index is 11.4. The van der Waals surface area contributed by atoms with Crippen LogP contribution in [0.5, 0.6) is 0 Å². The van der Waals surface area contributed by atoms with E-state index < -0.39 is 16.9 Å². The number of amides is 3. The summed E-state index contributed by atoms with van der Waals surface area (Å²) in [6.07, 6.45) is 1.38. The first kappa shape index (κ1) is 14.5. The molecule has 1 saturated heterocycles. The normalized spacial score (nSPS) is 15.6. The van der Waals surface area contributed by atoms with Crippen molar-refractivity contribution in [2.45, 2.75) is 6.92 Å². The third-order valence-electron chi connectivity index (χ3n) is 3.32. The fraction of sp³-hybridized carbons (Fsp3) is 0.0667. The Bertz CT molecular complexity index is 866. The number of nitrogens with zero attached hydrogens (tertiary/aromatic N) is 1. The summed E-state index contributed by atoms with van der Waals surface area (Å²) in [5.41, 5.74) is 1.18. The van der Waals surface area contributed by atoms with Crippen LogP contribution in [0.4, 0.5) is 10.5 Å². The van der Waals surface area contributed by atoms with Crippen LogP contribution in [0.2, 0.25) is 0 Å². The highest BCUT2D eigenvalue weighted by atomic mass is 16.6. The summed E-state index contributed by atoms with van der Waals surface area (Å²) in [5.74, 6) is 0.221. The maximum atomic E-state index is 11.4. The highest BCUT2D eigenvalue weighted by Crippen LogP contribution is 2.28. The molecular formula is C15H11N3O5. The van der Waals surface area contributed by atoms with Gasteiger partial charge < -0.3 is 9.73 Å². The molecule has 2 N–H and O–H groups in total. The van der Waals surface area contributed by atoms with Gasteiger partial charge in [-0.2, -0.15) is 0 Å². The van der Waals surface area contributed by atoms with Crippen LogP contribution in [0.3, 0.4) is 0 Å². The van der Waals surface area contributed by atoms with E-state index in [1.807, 2.05) is 0 Å². The summed E-state index contributed by atoms with van der Waals surface area (Å²) in [6, 6.07) is 7.42. The van der Waals surface area contributed by atoms with Crippen LogP contribution in [-0.2, 0) is 4.79 Å². The van der Waals surface area contributed by atoms with E-state index in [1.165, 1.54) is 12.1 Å². The van der Waals surface area contributed by atoms with Gasteiger partial charge in [-0.1, -0.05) is 12.1 Å². The van der Waals surface area contributed by atoms with Crippen molar-refractivity contribution in [1.29, 1.82) is 0 Å². The molecule has 8 nitrogen and oxygen atoms in total. The van der Waals surface area contributed by atoms with Crippen molar-refractivity contribution < 1.29 is 18.9 Å². The molecule has 8 heteroatoms. The van der Waals surface area contributed by atoms with E-state index in [0.717, 1.165) is 0 Å². The molecule has 0 unspecified atom stereocenters. The molecule has 1 aliphatic rings. The number of aryl methyl sites for hydroxylation is 1. The third kappa shape index (κ3) is 2.82. The standard InChI is InChI=1S/C15H11N3O5/c1-8-2-3-9(6-12(8)18(21)22)13-5-4-10(23-13)7-11-14(19)17-15(20)16-11/h2-7H,1H3,(H2,16,17,19,20)/b11-7+. The fourth-order valence-electron chi connectivity index (χ4n) is 2.17. The van der Waals surface area contributed by atoms with Crippen LogP contribution in [-0.4, -0.2) is 16.9 Å². The van der Waals surface area contributed by atoms with Crippen LogP contribution >= 0.6 is 0 Å². The van der Waals surface area contributed by atoms with Crippen molar-refractivity contribution in [1.82, 2.24) is 10.6 Å². The Hall–Kier alpha value is -3.42. The number of urea groups is 1. The number of imide groups is 1. The summed E-state index contributed by atoms with van der Waals surface area (Å²) in [5, 5.41) is 15.4. The van der Waals surface area contributed by atoms with Crippen molar-refractivity contribution in [3.05, 3.63) is 57.5 Å². The molecule has 2 heterocycles. The molecule has 23 heavy (non-hydrogen) atoms. The Kier molecular flexibility index (Phi) is 3.41. The number of furan rings is 1. The number of rotatable bonds is 3. The van der Waals surface area contributed by atoms with Crippen LogP contribution in [0, 0.1) is 17.0 Å². The Balaban J connectivity index is 1.92. The smallest absolute Gasteiger partial charge is 0.326 e. The van der Waals surface area contributed by atoms with E-state index in [0.29, 0.717) is 22.6 Å². The molecule has 1 aromatic carbocycles. The number of hydrogen-bond donors (Lipinski definition) is 2. The molecule has 1 aromatic heterocycles. The molecule has 3 amide bonds. The van der Waals surface area contributed by atoms with E-state index in [4.69, 9.17) is 4.42 Å². The summed E-state index contributed by atoms with van der Waals surface area (Å²) < 4.78 is 5.56. The zero-order valence-corrected chi connectivity index (χ0v) is 12.0. The van der Waals surface area contributed by atoms with E-state index >= 15 is 0 Å². The largest absolute Gasteiger partial charge is 0.457 e. The quantitative estimate of drug-likeness (QED) is 0.390. The lowest BCUT2D eigenvalue weighted by atomic mass is 10.1. The van der Waals surface area contributed by atoms with Gasteiger partial charge in [-0.05, 0) is 19.1 Å². The summed E-state index contributed by atoms with van der Waals surface area (Å²) in [4.78, 5) is 33.0. The van der Waals surface area contributed by atoms with Gasteiger partial charge in [-0.25, -0.2) is 4.79 Å². The zero-order chi connectivity index (χ0) is 16.6. The minimum Gasteiger partial charge on any atom is -0.457 e. The minimum atomic E-state index is -0.595. The second-order valence-corrected chi connectivity index (χ2v) is 4.93. The lowest BCUT2D eigenvalue weighted by Crippen LogP contribution is -2.22. The van der Waals surface area contributed by atoms with E-state index in [9.17, 15) is 19.7 Å². The van der Waals surface area contributed by atoms with E-state index in [-0.39, 0.29) is 11.4 Å². The lowest BCUT2D eigenvalue weighted by molar-refractivity contribution is -0.385. The first-order valence-electron chi connectivity index (χ1n) is 6.63. The molecule has 3 rings (SSSR count). The van der Waals surface area contributed by atoms with Gasteiger partial charge in [0.15, 0.2) is 0 Å². The molecule has 0 atom stereocenters. The number of benzene rings is 1. The van der Waals surface area contributed by atoms with Crippen molar-refractivity contribution in [2.24, 2.45) is 0 Å². The van der Waals surface area contributed by atoms with Crippen molar-refractivity contribution in [3.63, 3.8) is 0 Å². The second kappa shape index (κ2) is 5.41. The van der Waals surface area contributed by atoms with Gasteiger partial charge >= 0.3 is 6.03 Å². The molecule has 2 aromatic rings. The Morgan fingerprint density at radius 1 is 1.17 bits per heavy atom. The predicted molar refractivity (Wildman–Crippen MR) is 80.2 cm³/mol. The molecular weight excluding hydrogens is 302 g/mol. The third-order valence-corrected chi connectivity index (χ3v) is 3.32. The van der Waals surface area contributed by atoms with Crippen LogP contribution in [0.15, 0.2) is 40.4 Å². The highest BCUT2D eigenvalue weighted by molar-refractivity contribution is 6.13. The number of carbonyl (C=O) groups excluding carboxylic acids is 2. The Labute approximate surface area is 129 Å². The monoisotopic (exact) mass is 313 g/mol. The molecule has 0 saturated carbocycles. The summed E-state index contributed by atoms with van der Waals surface area (Å²) in [6.45, 7) is 1.65. The average Bonchev–Trinajstić information content (AvgIpc) is 3.06. The number of nitro benzene ring substituents is 1. The van der Waals surface area contributed by atoms with Gasteiger partial charge in [0.05, 0.1) is 4.92 Å². The number of carbonyl (C=O) groups is 2. The van der Waals surface area contributed by atoms with Gasteiger partial charge in [0.1, 0.15) is 17.2 Å². The van der Waals surface area contributed by atoms with E-state index in [1.54, 1.807) is 31.2 Å². The SMILES string of the molecule is Cc1ccc(-c2ccc(/C=C3/NC(=O)NC3=O)o2)cc1[N+](=O)[O-]. The summed E-state index contributed by atoms with van der Waals surface area (Å²) >= 11 is 0. The van der Waals surface area contributed by atoms with Gasteiger partial charge in [0.25, 0.3) is 11.6 Å². The van der Waals surface area contributed by atoms with Gasteiger partial charge in [-0.3, -0.25) is 20.2 Å². The number of nitrogens with one attached hydrogen (secondary N) is 2. The van der Waals surface area contributed by atoms with Gasteiger partial charge in [0.2, 0.25) is 0 Å². The van der Waals surface area contributed by atoms with Crippen molar-refractivity contribution in [2.75, 3.05) is 0 Å². The molecule has 0 aliphatic carbocycles. The van der Waals surface area contributed by atoms with Gasteiger partial charge in [0, 0.05) is 23.3 Å². The molecule has 1 fully saturated rings. The lowest BCUT2D eigenvalue weighted by Gasteiger charge is -2.00. The first-order valence-corrected chi connectivity index (χ1v) is 6.63. The molecule has 116 valence electrons.